The largest absolute Gasteiger partial charge is 0.349 e. The molecule has 2 rings (SSSR count). The summed E-state index contributed by atoms with van der Waals surface area (Å²) in [5.74, 6) is -0.0243. The summed E-state index contributed by atoms with van der Waals surface area (Å²) in [6.45, 7) is 1.47. The highest BCUT2D eigenvalue weighted by Gasteiger charge is 2.15. The fraction of sp³-hybridized carbons (Fsp3) is 0.333. The molecule has 2 heterocycles. The minimum atomic E-state index is -0.0243. The Kier molecular flexibility index (Phi) is 1.00. The molecular weight excluding hydrogens is 130 g/mol. The van der Waals surface area contributed by atoms with Gasteiger partial charge >= 0.3 is 0 Å². The second-order valence-corrected chi connectivity index (χ2v) is 2.20. The van der Waals surface area contributed by atoms with Gasteiger partial charge < -0.3 is 5.32 Å². The van der Waals surface area contributed by atoms with Crippen LogP contribution in [0.2, 0.25) is 0 Å². The molecule has 0 saturated carbocycles. The molecule has 4 heteroatoms. The first-order valence-corrected chi connectivity index (χ1v) is 3.18. The minimum Gasteiger partial charge on any atom is -0.349 e. The van der Waals surface area contributed by atoms with E-state index in [4.69, 9.17) is 0 Å². The van der Waals surface area contributed by atoms with E-state index < -0.39 is 0 Å². The predicted molar refractivity (Wildman–Crippen MR) is 34.6 cm³/mol. The van der Waals surface area contributed by atoms with Gasteiger partial charge in [0.25, 0.3) is 5.91 Å². The molecule has 0 aliphatic carbocycles. The number of nitrogens with one attached hydrogen (secondary N) is 1. The van der Waals surface area contributed by atoms with Crippen LogP contribution >= 0.6 is 0 Å². The van der Waals surface area contributed by atoms with Crippen LogP contribution in [0.3, 0.4) is 0 Å². The van der Waals surface area contributed by atoms with Gasteiger partial charge in [-0.15, -0.1) is 0 Å². The van der Waals surface area contributed by atoms with E-state index in [1.54, 1.807) is 16.9 Å². The molecule has 1 aromatic rings. The number of hydrogen-bond acceptors (Lipinski definition) is 2. The number of amides is 1. The van der Waals surface area contributed by atoms with Crippen LogP contribution in [0.25, 0.3) is 0 Å². The van der Waals surface area contributed by atoms with Crippen molar-refractivity contribution in [2.45, 2.75) is 6.54 Å². The lowest BCUT2D eigenvalue weighted by molar-refractivity contribution is 0.0924. The minimum absolute atomic E-state index is 0.0243. The van der Waals surface area contributed by atoms with E-state index in [0.717, 1.165) is 6.54 Å². The summed E-state index contributed by atoms with van der Waals surface area (Å²) >= 11 is 0. The van der Waals surface area contributed by atoms with Crippen LogP contribution < -0.4 is 5.32 Å². The summed E-state index contributed by atoms with van der Waals surface area (Å²) in [6.07, 6.45) is 1.64. The first-order chi connectivity index (χ1) is 4.88. The third kappa shape index (κ3) is 0.618. The molecule has 52 valence electrons. The topological polar surface area (TPSA) is 46.9 Å². The van der Waals surface area contributed by atoms with Gasteiger partial charge in [-0.1, -0.05) is 0 Å². The summed E-state index contributed by atoms with van der Waals surface area (Å²) in [5, 5.41) is 6.69. The van der Waals surface area contributed by atoms with E-state index in [1.807, 2.05) is 0 Å². The molecule has 0 radical (unpaired) electrons. The van der Waals surface area contributed by atoms with Gasteiger partial charge in [0.2, 0.25) is 0 Å². The maximum atomic E-state index is 11.0. The van der Waals surface area contributed by atoms with E-state index in [0.29, 0.717) is 12.2 Å². The second kappa shape index (κ2) is 1.83. The molecule has 0 unspecified atom stereocenters. The Bertz CT molecular complexity index is 266. The smallest absolute Gasteiger partial charge is 0.269 e. The van der Waals surface area contributed by atoms with Crippen LogP contribution in [0.1, 0.15) is 10.5 Å². The molecular formula is C6H7N3O. The average molecular weight is 137 g/mol. The van der Waals surface area contributed by atoms with Crippen molar-refractivity contribution < 1.29 is 4.79 Å². The van der Waals surface area contributed by atoms with Crippen molar-refractivity contribution in [3.05, 3.63) is 18.0 Å². The molecule has 0 spiro atoms. The molecule has 0 saturated heterocycles. The zero-order valence-corrected chi connectivity index (χ0v) is 5.37. The average Bonchev–Trinajstić information content (AvgIpc) is 2.36. The SMILES string of the molecule is O=C1NCCn2nccc21. The first-order valence-electron chi connectivity index (χ1n) is 3.18. The summed E-state index contributed by atoms with van der Waals surface area (Å²) in [7, 11) is 0. The fourth-order valence-corrected chi connectivity index (χ4v) is 1.07. The highest BCUT2D eigenvalue weighted by Crippen LogP contribution is 2.01. The Morgan fingerprint density at radius 1 is 1.70 bits per heavy atom. The monoisotopic (exact) mass is 137 g/mol. The zero-order valence-electron chi connectivity index (χ0n) is 5.37. The molecule has 1 aliphatic heterocycles. The van der Waals surface area contributed by atoms with Crippen molar-refractivity contribution in [3.63, 3.8) is 0 Å². The van der Waals surface area contributed by atoms with E-state index in [9.17, 15) is 4.79 Å². The highest BCUT2D eigenvalue weighted by molar-refractivity contribution is 5.92. The Hall–Kier alpha value is -1.32. The quantitative estimate of drug-likeness (QED) is 0.530. The molecule has 0 fully saturated rings. The van der Waals surface area contributed by atoms with E-state index in [1.165, 1.54) is 0 Å². The lowest BCUT2D eigenvalue weighted by Crippen LogP contribution is -2.35. The summed E-state index contributed by atoms with van der Waals surface area (Å²) < 4.78 is 1.71. The third-order valence-electron chi connectivity index (χ3n) is 1.56. The van der Waals surface area contributed by atoms with Crippen LogP contribution in [-0.2, 0) is 6.54 Å². The molecule has 1 N–H and O–H groups in total. The van der Waals surface area contributed by atoms with Gasteiger partial charge in [0, 0.05) is 12.7 Å². The van der Waals surface area contributed by atoms with Gasteiger partial charge in [-0.3, -0.25) is 9.48 Å². The molecule has 0 bridgehead atoms. The normalized spacial score (nSPS) is 16.2. The van der Waals surface area contributed by atoms with Crippen LogP contribution in [0, 0.1) is 0 Å². The maximum Gasteiger partial charge on any atom is 0.269 e. The molecule has 0 aromatic carbocycles. The van der Waals surface area contributed by atoms with Crippen molar-refractivity contribution >= 4 is 5.91 Å². The molecule has 1 aliphatic rings. The number of carbonyl (C=O) groups excluding carboxylic acids is 1. The highest BCUT2D eigenvalue weighted by atomic mass is 16.2. The van der Waals surface area contributed by atoms with Crippen molar-refractivity contribution in [1.82, 2.24) is 15.1 Å². The molecule has 0 atom stereocenters. The van der Waals surface area contributed by atoms with E-state index in [2.05, 4.69) is 10.4 Å². The van der Waals surface area contributed by atoms with Crippen molar-refractivity contribution in [2.24, 2.45) is 0 Å². The second-order valence-electron chi connectivity index (χ2n) is 2.20. The summed E-state index contributed by atoms with van der Waals surface area (Å²) in [4.78, 5) is 11.0. The lowest BCUT2D eigenvalue weighted by atomic mass is 10.3. The van der Waals surface area contributed by atoms with Crippen LogP contribution in [0.5, 0.6) is 0 Å². The van der Waals surface area contributed by atoms with Crippen molar-refractivity contribution in [2.75, 3.05) is 6.54 Å². The summed E-state index contributed by atoms with van der Waals surface area (Å²) in [5.41, 5.74) is 0.659. The van der Waals surface area contributed by atoms with Crippen LogP contribution in [0.15, 0.2) is 12.3 Å². The number of hydrogen-bond donors (Lipinski definition) is 1. The number of aromatic nitrogens is 2. The molecule has 10 heavy (non-hydrogen) atoms. The maximum absolute atomic E-state index is 11.0. The number of fused-ring (bicyclic) bond motifs is 1. The molecule has 1 aromatic heterocycles. The fourth-order valence-electron chi connectivity index (χ4n) is 1.07. The standard InChI is InChI=1S/C6H7N3O/c10-6-5-1-2-8-9(5)4-3-7-6/h1-2H,3-4H2,(H,7,10). The van der Waals surface area contributed by atoms with E-state index >= 15 is 0 Å². The lowest BCUT2D eigenvalue weighted by Gasteiger charge is -2.13. The van der Waals surface area contributed by atoms with E-state index in [-0.39, 0.29) is 5.91 Å². The van der Waals surface area contributed by atoms with Gasteiger partial charge in [-0.05, 0) is 6.07 Å². The van der Waals surface area contributed by atoms with Crippen LogP contribution in [0.4, 0.5) is 0 Å². The van der Waals surface area contributed by atoms with Gasteiger partial charge in [-0.2, -0.15) is 5.10 Å². The zero-order chi connectivity index (χ0) is 6.97. The van der Waals surface area contributed by atoms with Crippen molar-refractivity contribution in [1.29, 1.82) is 0 Å². The van der Waals surface area contributed by atoms with Crippen molar-refractivity contribution in [3.8, 4) is 0 Å². The Morgan fingerprint density at radius 2 is 2.60 bits per heavy atom. The number of rotatable bonds is 0. The summed E-state index contributed by atoms with van der Waals surface area (Å²) in [6, 6.07) is 1.72. The van der Waals surface area contributed by atoms with Gasteiger partial charge in [0.05, 0.1) is 6.54 Å². The van der Waals surface area contributed by atoms with Crippen LogP contribution in [-0.4, -0.2) is 22.2 Å². The third-order valence-corrected chi connectivity index (χ3v) is 1.56. The van der Waals surface area contributed by atoms with Gasteiger partial charge in [0.1, 0.15) is 5.69 Å². The number of carbonyl (C=O) groups is 1. The first kappa shape index (κ1) is 5.46. The number of nitrogens with zero attached hydrogens (tertiary/aromatic N) is 2. The van der Waals surface area contributed by atoms with Gasteiger partial charge in [0.15, 0.2) is 0 Å². The Morgan fingerprint density at radius 3 is 3.40 bits per heavy atom. The molecule has 4 nitrogen and oxygen atoms in total. The Labute approximate surface area is 57.8 Å². The predicted octanol–water partition coefficient (Wildman–Crippen LogP) is -0.374. The Balaban J connectivity index is 2.50. The van der Waals surface area contributed by atoms with Gasteiger partial charge in [-0.25, -0.2) is 0 Å². The molecule has 1 amide bonds.